The lowest BCUT2D eigenvalue weighted by molar-refractivity contribution is -0.127. The van der Waals surface area contributed by atoms with Crippen molar-refractivity contribution in [2.75, 3.05) is 11.9 Å². The molecule has 1 aliphatic carbocycles. The first-order valence-electron chi connectivity index (χ1n) is 6.91. The normalized spacial score (nSPS) is 16.9. The molecule has 0 bridgehead atoms. The molecule has 100 valence electrons. The number of hydrogen-bond acceptors (Lipinski definition) is 2. The maximum absolute atomic E-state index is 12.7. The van der Waals surface area contributed by atoms with E-state index in [4.69, 9.17) is 5.26 Å². The third-order valence-electron chi connectivity index (χ3n) is 4.36. The summed E-state index contributed by atoms with van der Waals surface area (Å²) in [6, 6.07) is 9.36. The first kappa shape index (κ1) is 13.6. The SMILES string of the molecule is CCC1(C(=O)N(C)c2cccc(C#N)c2)CCCC1. The van der Waals surface area contributed by atoms with E-state index in [1.807, 2.05) is 19.2 Å². The zero-order valence-electron chi connectivity index (χ0n) is 11.6. The highest BCUT2D eigenvalue weighted by Crippen LogP contribution is 2.42. The van der Waals surface area contributed by atoms with Crippen LogP contribution in [0, 0.1) is 16.7 Å². The molecule has 0 atom stereocenters. The molecule has 1 fully saturated rings. The minimum Gasteiger partial charge on any atom is -0.315 e. The van der Waals surface area contributed by atoms with Crippen LogP contribution in [0.4, 0.5) is 5.69 Å². The van der Waals surface area contributed by atoms with Crippen molar-refractivity contribution >= 4 is 11.6 Å². The average molecular weight is 256 g/mol. The van der Waals surface area contributed by atoms with E-state index in [1.54, 1.807) is 17.0 Å². The molecule has 0 saturated heterocycles. The van der Waals surface area contributed by atoms with E-state index in [-0.39, 0.29) is 11.3 Å². The van der Waals surface area contributed by atoms with E-state index in [1.165, 1.54) is 0 Å². The quantitative estimate of drug-likeness (QED) is 0.831. The number of hydrogen-bond donors (Lipinski definition) is 0. The topological polar surface area (TPSA) is 44.1 Å². The highest BCUT2D eigenvalue weighted by molar-refractivity contribution is 5.97. The lowest BCUT2D eigenvalue weighted by Gasteiger charge is -2.31. The molecule has 3 heteroatoms. The molecule has 0 heterocycles. The zero-order valence-corrected chi connectivity index (χ0v) is 11.6. The van der Waals surface area contributed by atoms with Crippen molar-refractivity contribution in [1.29, 1.82) is 5.26 Å². The van der Waals surface area contributed by atoms with Gasteiger partial charge in [-0.15, -0.1) is 0 Å². The van der Waals surface area contributed by atoms with Crippen LogP contribution in [-0.2, 0) is 4.79 Å². The number of nitriles is 1. The standard InChI is InChI=1S/C16H20N2O/c1-3-16(9-4-5-10-16)15(19)18(2)14-8-6-7-13(11-14)12-17/h6-8,11H,3-5,9-10H2,1-2H3. The van der Waals surface area contributed by atoms with Crippen molar-refractivity contribution < 1.29 is 4.79 Å². The van der Waals surface area contributed by atoms with Crippen molar-refractivity contribution in [3.05, 3.63) is 29.8 Å². The van der Waals surface area contributed by atoms with Crippen molar-refractivity contribution in [2.45, 2.75) is 39.0 Å². The van der Waals surface area contributed by atoms with Crippen molar-refractivity contribution in [2.24, 2.45) is 5.41 Å². The van der Waals surface area contributed by atoms with Gasteiger partial charge >= 0.3 is 0 Å². The summed E-state index contributed by atoms with van der Waals surface area (Å²) in [7, 11) is 1.81. The molecule has 1 aliphatic rings. The number of benzene rings is 1. The molecule has 1 amide bonds. The van der Waals surface area contributed by atoms with Crippen LogP contribution >= 0.6 is 0 Å². The molecule has 19 heavy (non-hydrogen) atoms. The molecule has 0 radical (unpaired) electrons. The first-order valence-corrected chi connectivity index (χ1v) is 6.91. The maximum atomic E-state index is 12.7. The molecule has 0 aromatic heterocycles. The number of rotatable bonds is 3. The van der Waals surface area contributed by atoms with Crippen LogP contribution in [0.15, 0.2) is 24.3 Å². The Morgan fingerprint density at radius 1 is 1.42 bits per heavy atom. The van der Waals surface area contributed by atoms with Gasteiger partial charge in [0.25, 0.3) is 0 Å². The molecule has 2 rings (SSSR count). The molecule has 0 N–H and O–H groups in total. The molecule has 0 spiro atoms. The second-order valence-electron chi connectivity index (χ2n) is 5.37. The van der Waals surface area contributed by atoms with Crippen molar-refractivity contribution in [1.82, 2.24) is 0 Å². The summed E-state index contributed by atoms with van der Waals surface area (Å²) < 4.78 is 0. The van der Waals surface area contributed by atoms with Crippen LogP contribution in [0.2, 0.25) is 0 Å². The first-order chi connectivity index (χ1) is 9.13. The van der Waals surface area contributed by atoms with Crippen LogP contribution in [0.1, 0.15) is 44.6 Å². The number of carbonyl (C=O) groups excluding carboxylic acids is 1. The summed E-state index contributed by atoms with van der Waals surface area (Å²) in [5, 5.41) is 8.94. The lowest BCUT2D eigenvalue weighted by atomic mass is 9.82. The Morgan fingerprint density at radius 3 is 2.68 bits per heavy atom. The van der Waals surface area contributed by atoms with Gasteiger partial charge < -0.3 is 4.90 Å². The predicted molar refractivity (Wildman–Crippen MR) is 75.8 cm³/mol. The van der Waals surface area contributed by atoms with Crippen LogP contribution < -0.4 is 4.90 Å². The van der Waals surface area contributed by atoms with Gasteiger partial charge in [0.05, 0.1) is 11.6 Å². The largest absolute Gasteiger partial charge is 0.315 e. The van der Waals surface area contributed by atoms with E-state index in [9.17, 15) is 4.79 Å². The Kier molecular flexibility index (Phi) is 3.90. The average Bonchev–Trinajstić information content (AvgIpc) is 2.96. The van der Waals surface area contributed by atoms with Crippen LogP contribution in [0.25, 0.3) is 0 Å². The fraction of sp³-hybridized carbons (Fsp3) is 0.500. The van der Waals surface area contributed by atoms with Gasteiger partial charge in [0.15, 0.2) is 0 Å². The van der Waals surface area contributed by atoms with Gasteiger partial charge in [0, 0.05) is 18.2 Å². The van der Waals surface area contributed by atoms with Gasteiger partial charge in [0.1, 0.15) is 0 Å². The van der Waals surface area contributed by atoms with Crippen LogP contribution in [0.3, 0.4) is 0 Å². The predicted octanol–water partition coefficient (Wildman–Crippen LogP) is 3.49. The number of amides is 1. The summed E-state index contributed by atoms with van der Waals surface area (Å²) in [5.74, 6) is 0.197. The zero-order chi connectivity index (χ0) is 13.9. The Hall–Kier alpha value is -1.82. The summed E-state index contributed by atoms with van der Waals surface area (Å²) in [6.45, 7) is 2.10. The van der Waals surface area contributed by atoms with Gasteiger partial charge in [-0.2, -0.15) is 5.26 Å². The Balaban J connectivity index is 2.25. The Bertz CT molecular complexity index is 510. The van der Waals surface area contributed by atoms with Gasteiger partial charge in [-0.3, -0.25) is 4.79 Å². The summed E-state index contributed by atoms with van der Waals surface area (Å²) >= 11 is 0. The molecule has 0 unspecified atom stereocenters. The number of carbonyl (C=O) groups is 1. The summed E-state index contributed by atoms with van der Waals surface area (Å²) in [6.07, 6.45) is 5.17. The fourth-order valence-electron chi connectivity index (χ4n) is 3.03. The minimum absolute atomic E-state index is 0.183. The van der Waals surface area contributed by atoms with Gasteiger partial charge in [-0.1, -0.05) is 25.8 Å². The summed E-state index contributed by atoms with van der Waals surface area (Å²) in [5.41, 5.74) is 1.22. The monoisotopic (exact) mass is 256 g/mol. The van der Waals surface area contributed by atoms with Crippen molar-refractivity contribution in [3.63, 3.8) is 0 Å². The third-order valence-corrected chi connectivity index (χ3v) is 4.36. The van der Waals surface area contributed by atoms with Crippen molar-refractivity contribution in [3.8, 4) is 6.07 Å². The van der Waals surface area contributed by atoms with Crippen LogP contribution in [-0.4, -0.2) is 13.0 Å². The number of nitrogens with zero attached hydrogens (tertiary/aromatic N) is 2. The number of anilines is 1. The van der Waals surface area contributed by atoms with Crippen LogP contribution in [0.5, 0.6) is 0 Å². The molecule has 3 nitrogen and oxygen atoms in total. The smallest absolute Gasteiger partial charge is 0.232 e. The Morgan fingerprint density at radius 2 is 2.11 bits per heavy atom. The molecule has 1 aromatic carbocycles. The molecule has 1 saturated carbocycles. The Labute approximate surface area is 114 Å². The highest BCUT2D eigenvalue weighted by Gasteiger charge is 2.41. The molecule has 0 aliphatic heterocycles. The van der Waals surface area contributed by atoms with E-state index < -0.39 is 0 Å². The van der Waals surface area contributed by atoms with E-state index >= 15 is 0 Å². The molecule has 1 aromatic rings. The lowest BCUT2D eigenvalue weighted by Crippen LogP contribution is -2.40. The highest BCUT2D eigenvalue weighted by atomic mass is 16.2. The maximum Gasteiger partial charge on any atom is 0.232 e. The van der Waals surface area contributed by atoms with Gasteiger partial charge in [0.2, 0.25) is 5.91 Å². The minimum atomic E-state index is -0.183. The molecular formula is C16H20N2O. The second-order valence-corrected chi connectivity index (χ2v) is 5.37. The second kappa shape index (κ2) is 5.44. The van der Waals surface area contributed by atoms with E-state index in [2.05, 4.69) is 13.0 Å². The van der Waals surface area contributed by atoms with E-state index in [0.29, 0.717) is 5.56 Å². The fourth-order valence-corrected chi connectivity index (χ4v) is 3.03. The third kappa shape index (κ3) is 2.49. The molecular weight excluding hydrogens is 236 g/mol. The summed E-state index contributed by atoms with van der Waals surface area (Å²) in [4.78, 5) is 14.5. The van der Waals surface area contributed by atoms with Gasteiger partial charge in [-0.25, -0.2) is 0 Å². The van der Waals surface area contributed by atoms with Gasteiger partial charge in [-0.05, 0) is 37.5 Å². The van der Waals surface area contributed by atoms with E-state index in [0.717, 1.165) is 37.8 Å².